The van der Waals surface area contributed by atoms with E-state index in [4.69, 9.17) is 25.9 Å². The summed E-state index contributed by atoms with van der Waals surface area (Å²) in [5.41, 5.74) is 0.529. The first-order valence-corrected chi connectivity index (χ1v) is 17.7. The lowest BCUT2D eigenvalue weighted by Crippen LogP contribution is -2.59. The van der Waals surface area contributed by atoms with Crippen LogP contribution >= 0.6 is 0 Å². The fourth-order valence-corrected chi connectivity index (χ4v) is 9.26. The number of aromatic nitrogens is 3. The predicted molar refractivity (Wildman–Crippen MR) is 186 cm³/mol. The van der Waals surface area contributed by atoms with Crippen molar-refractivity contribution in [3.05, 3.63) is 47.7 Å². The lowest BCUT2D eigenvalue weighted by atomic mass is 9.65. The largest absolute Gasteiger partial charge is 0.508 e. The second kappa shape index (κ2) is 12.4. The molecule has 2 aromatic carbocycles. The minimum atomic E-state index is -0.718. The standard InChI is InChI=1S/C39H43F2N5O3/c1-4-27-30(40)10-9-24-18-26(47)19-28(32(24)27)34-33(41)35-29(22-42-34)36(45-13-7-16-48-17-15-45)44-37(43-35)49-23-39-11-5-8-31(39)46(14-6-12-39)25-20-38(2,3)21-25/h1,9-10,18-19,22,25,31,47H,5-8,11-17,20-21,23H2,2-3H3/t31?,39-/m1/s1. The number of anilines is 1. The predicted octanol–water partition coefficient (Wildman–Crippen LogP) is 7.24. The van der Waals surface area contributed by atoms with Crippen LogP contribution in [0.25, 0.3) is 32.9 Å². The van der Waals surface area contributed by atoms with E-state index < -0.39 is 11.6 Å². The van der Waals surface area contributed by atoms with Gasteiger partial charge in [0, 0.05) is 54.3 Å². The van der Waals surface area contributed by atoms with E-state index in [2.05, 4.69) is 34.6 Å². The number of halogens is 2. The number of nitrogens with zero attached hydrogens (tertiary/aromatic N) is 5. The number of hydrogen-bond acceptors (Lipinski definition) is 8. The summed E-state index contributed by atoms with van der Waals surface area (Å²) in [5.74, 6) is 1.50. The first-order chi connectivity index (χ1) is 23.7. The number of fused-ring (bicyclic) bond motifs is 3. The molecule has 0 bridgehead atoms. The van der Waals surface area contributed by atoms with E-state index >= 15 is 4.39 Å². The first-order valence-electron chi connectivity index (χ1n) is 17.7. The fourth-order valence-electron chi connectivity index (χ4n) is 9.26. The van der Waals surface area contributed by atoms with Crippen LogP contribution in [-0.4, -0.2) is 76.5 Å². The summed E-state index contributed by atoms with van der Waals surface area (Å²) in [6, 6.07) is 6.80. The van der Waals surface area contributed by atoms with E-state index in [1.807, 2.05) is 0 Å². The summed E-state index contributed by atoms with van der Waals surface area (Å²) in [7, 11) is 0. The molecule has 2 aromatic heterocycles. The van der Waals surface area contributed by atoms with E-state index in [-0.39, 0.29) is 39.5 Å². The van der Waals surface area contributed by atoms with Crippen LogP contribution in [0.3, 0.4) is 0 Å². The zero-order valence-corrected chi connectivity index (χ0v) is 28.3. The first kappa shape index (κ1) is 32.2. The number of terminal acetylenes is 1. The summed E-state index contributed by atoms with van der Waals surface area (Å²) in [6.45, 7) is 8.74. The Morgan fingerprint density at radius 2 is 1.90 bits per heavy atom. The van der Waals surface area contributed by atoms with Gasteiger partial charge in [0.2, 0.25) is 0 Å². The Hall–Kier alpha value is -4.07. The van der Waals surface area contributed by atoms with Crippen LogP contribution in [0, 0.1) is 34.8 Å². The Morgan fingerprint density at radius 1 is 1.06 bits per heavy atom. The fraction of sp³-hybridized carbons (Fsp3) is 0.513. The molecule has 2 saturated heterocycles. The van der Waals surface area contributed by atoms with Gasteiger partial charge in [-0.05, 0) is 80.5 Å². The molecule has 4 fully saturated rings. The normalized spacial score (nSPS) is 24.4. The van der Waals surface area contributed by atoms with E-state index in [1.165, 1.54) is 49.9 Å². The number of pyridine rings is 1. The summed E-state index contributed by atoms with van der Waals surface area (Å²) in [6.07, 6.45) is 16.2. The quantitative estimate of drug-likeness (QED) is 0.216. The SMILES string of the molecule is C#Cc1c(F)ccc2cc(O)cc(-c3ncc4c(N5CCCOCC5)nc(OC[C@]56CCCC5N(C5CC(C)(C)C5)CCC6)nc4c3F)c12. The van der Waals surface area contributed by atoms with Gasteiger partial charge in [0.1, 0.15) is 28.6 Å². The second-order valence-corrected chi connectivity index (χ2v) is 15.3. The molecule has 4 aromatic rings. The van der Waals surface area contributed by atoms with Crippen molar-refractivity contribution >= 4 is 27.5 Å². The minimum Gasteiger partial charge on any atom is -0.508 e. The molecule has 0 radical (unpaired) electrons. The molecule has 256 valence electrons. The van der Waals surface area contributed by atoms with Crippen molar-refractivity contribution in [2.24, 2.45) is 10.8 Å². The van der Waals surface area contributed by atoms with Crippen LogP contribution in [0.4, 0.5) is 14.6 Å². The van der Waals surface area contributed by atoms with Crippen molar-refractivity contribution in [3.8, 4) is 35.4 Å². The summed E-state index contributed by atoms with van der Waals surface area (Å²) in [4.78, 5) is 19.0. The van der Waals surface area contributed by atoms with Crippen LogP contribution in [0.1, 0.15) is 70.8 Å². The van der Waals surface area contributed by atoms with Gasteiger partial charge in [-0.3, -0.25) is 9.88 Å². The lowest BCUT2D eigenvalue weighted by Gasteiger charge is -2.55. The van der Waals surface area contributed by atoms with Crippen LogP contribution in [0.2, 0.25) is 0 Å². The molecule has 8 nitrogen and oxygen atoms in total. The number of aromatic hydroxyl groups is 1. The minimum absolute atomic E-state index is 0.00499. The Kier molecular flexibility index (Phi) is 8.11. The molecule has 2 aliphatic heterocycles. The molecule has 2 saturated carbocycles. The highest BCUT2D eigenvalue weighted by atomic mass is 19.1. The highest BCUT2D eigenvalue weighted by Gasteiger charge is 2.52. The molecule has 49 heavy (non-hydrogen) atoms. The maximum absolute atomic E-state index is 16.9. The summed E-state index contributed by atoms with van der Waals surface area (Å²) < 4.78 is 44.1. The number of phenolic OH excluding ortho intramolecular Hbond substituents is 1. The van der Waals surface area contributed by atoms with Gasteiger partial charge in [0.15, 0.2) is 5.82 Å². The summed E-state index contributed by atoms with van der Waals surface area (Å²) in [5, 5.41) is 11.8. The smallest absolute Gasteiger partial charge is 0.319 e. The third kappa shape index (κ3) is 5.65. The van der Waals surface area contributed by atoms with Crippen LogP contribution in [0.5, 0.6) is 11.8 Å². The van der Waals surface area contributed by atoms with Gasteiger partial charge >= 0.3 is 6.01 Å². The Balaban J connectivity index is 1.21. The molecular formula is C39H43F2N5O3. The van der Waals surface area contributed by atoms with Crippen molar-refractivity contribution in [3.63, 3.8) is 0 Å². The van der Waals surface area contributed by atoms with Crippen molar-refractivity contribution in [1.29, 1.82) is 0 Å². The maximum Gasteiger partial charge on any atom is 0.319 e. The molecule has 2 atom stereocenters. The van der Waals surface area contributed by atoms with E-state index in [1.54, 1.807) is 6.20 Å². The zero-order valence-electron chi connectivity index (χ0n) is 28.3. The molecule has 1 N–H and O–H groups in total. The van der Waals surface area contributed by atoms with Crippen molar-refractivity contribution in [2.75, 3.05) is 44.4 Å². The Bertz CT molecular complexity index is 1960. The number of likely N-dealkylation sites (tertiary alicyclic amines) is 1. The molecule has 4 aliphatic rings. The van der Waals surface area contributed by atoms with Crippen LogP contribution in [-0.2, 0) is 4.74 Å². The summed E-state index contributed by atoms with van der Waals surface area (Å²) >= 11 is 0. The number of phenols is 1. The second-order valence-electron chi connectivity index (χ2n) is 15.3. The van der Waals surface area contributed by atoms with Crippen molar-refractivity contribution in [2.45, 2.75) is 77.3 Å². The molecular weight excluding hydrogens is 624 g/mol. The topological polar surface area (TPSA) is 83.8 Å². The average Bonchev–Trinajstić information content (AvgIpc) is 3.32. The molecule has 0 amide bonds. The lowest BCUT2D eigenvalue weighted by molar-refractivity contribution is -0.0709. The molecule has 0 spiro atoms. The average molecular weight is 668 g/mol. The van der Waals surface area contributed by atoms with Gasteiger partial charge in [0.25, 0.3) is 0 Å². The third-order valence-electron chi connectivity index (χ3n) is 11.5. The van der Waals surface area contributed by atoms with Crippen LogP contribution < -0.4 is 9.64 Å². The maximum atomic E-state index is 16.9. The highest BCUT2D eigenvalue weighted by Crippen LogP contribution is 2.53. The van der Waals surface area contributed by atoms with E-state index in [0.717, 1.165) is 32.2 Å². The Labute approximate surface area is 285 Å². The highest BCUT2D eigenvalue weighted by molar-refractivity contribution is 6.03. The van der Waals surface area contributed by atoms with Gasteiger partial charge in [0.05, 0.1) is 24.2 Å². The Morgan fingerprint density at radius 3 is 2.71 bits per heavy atom. The molecule has 10 heteroatoms. The molecule has 4 heterocycles. The van der Waals surface area contributed by atoms with Gasteiger partial charge in [-0.1, -0.05) is 32.3 Å². The third-order valence-corrected chi connectivity index (χ3v) is 11.5. The molecule has 1 unspecified atom stereocenters. The van der Waals surface area contributed by atoms with Crippen molar-refractivity contribution < 1.29 is 23.4 Å². The van der Waals surface area contributed by atoms with E-state index in [0.29, 0.717) is 72.4 Å². The van der Waals surface area contributed by atoms with E-state index in [9.17, 15) is 9.50 Å². The molecule has 2 aliphatic carbocycles. The van der Waals surface area contributed by atoms with Gasteiger partial charge in [-0.15, -0.1) is 6.42 Å². The van der Waals surface area contributed by atoms with Gasteiger partial charge in [-0.2, -0.15) is 9.97 Å². The number of piperidine rings is 1. The van der Waals surface area contributed by atoms with Gasteiger partial charge < -0.3 is 19.5 Å². The molecule has 8 rings (SSSR count). The monoisotopic (exact) mass is 667 g/mol. The number of ether oxygens (including phenoxy) is 2. The number of hydrogen-bond donors (Lipinski definition) is 1. The van der Waals surface area contributed by atoms with Crippen molar-refractivity contribution in [1.82, 2.24) is 19.9 Å². The number of benzene rings is 2. The van der Waals surface area contributed by atoms with Crippen LogP contribution in [0.15, 0.2) is 30.5 Å². The number of rotatable bonds is 6. The zero-order chi connectivity index (χ0) is 33.9. The van der Waals surface area contributed by atoms with Gasteiger partial charge in [-0.25, -0.2) is 8.78 Å².